The molecule has 0 bridgehead atoms. The summed E-state index contributed by atoms with van der Waals surface area (Å²) >= 11 is 8.01. The topological polar surface area (TPSA) is 65.4 Å². The highest BCUT2D eigenvalue weighted by Crippen LogP contribution is 2.25. The lowest BCUT2D eigenvalue weighted by Crippen LogP contribution is -2.44. The molecule has 0 aromatic carbocycles. The van der Waals surface area contributed by atoms with Gasteiger partial charge in [-0.05, 0) is 32.4 Å². The number of pyridine rings is 1. The summed E-state index contributed by atoms with van der Waals surface area (Å²) in [6.45, 7) is 7.53. The number of guanidine groups is 1. The number of aliphatic imine (C=N–C) groups is 1. The standard InChI is InChI=1S/C18H25ClN6S/c1-3-20-18(22-9-6-16-23-11-13(2)26-16)24-14-7-10-25(12-14)17-15(19)5-4-8-21-17/h4-5,8,11,14H,3,6-7,9-10,12H2,1-2H3,(H2,20,22,24). The van der Waals surface area contributed by atoms with Gasteiger partial charge in [0.15, 0.2) is 5.96 Å². The predicted octanol–water partition coefficient (Wildman–Crippen LogP) is 2.88. The molecule has 1 atom stereocenters. The Morgan fingerprint density at radius 1 is 1.46 bits per heavy atom. The summed E-state index contributed by atoms with van der Waals surface area (Å²) in [5.41, 5.74) is 0. The number of rotatable bonds is 6. The largest absolute Gasteiger partial charge is 0.357 e. The Hall–Kier alpha value is -1.86. The van der Waals surface area contributed by atoms with Gasteiger partial charge in [0.1, 0.15) is 5.82 Å². The molecule has 6 nitrogen and oxygen atoms in total. The van der Waals surface area contributed by atoms with Crippen LogP contribution >= 0.6 is 22.9 Å². The molecule has 0 saturated carbocycles. The minimum atomic E-state index is 0.327. The summed E-state index contributed by atoms with van der Waals surface area (Å²) in [4.78, 5) is 17.0. The fraction of sp³-hybridized carbons (Fsp3) is 0.500. The number of hydrogen-bond donors (Lipinski definition) is 2. The minimum Gasteiger partial charge on any atom is -0.357 e. The van der Waals surface area contributed by atoms with E-state index in [0.29, 0.717) is 11.1 Å². The lowest BCUT2D eigenvalue weighted by atomic mass is 10.3. The quantitative estimate of drug-likeness (QED) is 0.584. The third-order valence-electron chi connectivity index (χ3n) is 4.18. The molecular formula is C18H25ClN6S. The third kappa shape index (κ3) is 5.08. The molecule has 1 fully saturated rings. The summed E-state index contributed by atoms with van der Waals surface area (Å²) in [5.74, 6) is 1.72. The molecular weight excluding hydrogens is 368 g/mol. The zero-order valence-corrected chi connectivity index (χ0v) is 16.8. The maximum Gasteiger partial charge on any atom is 0.191 e. The number of halogens is 1. The summed E-state index contributed by atoms with van der Waals surface area (Å²) in [7, 11) is 0. The lowest BCUT2D eigenvalue weighted by Gasteiger charge is -2.20. The van der Waals surface area contributed by atoms with E-state index in [1.54, 1.807) is 17.5 Å². The number of thiazole rings is 1. The number of aryl methyl sites for hydroxylation is 1. The molecule has 3 heterocycles. The van der Waals surface area contributed by atoms with Crippen LogP contribution in [0.4, 0.5) is 5.82 Å². The molecule has 0 amide bonds. The highest BCUT2D eigenvalue weighted by molar-refractivity contribution is 7.11. The average molecular weight is 393 g/mol. The van der Waals surface area contributed by atoms with E-state index in [1.165, 1.54) is 4.88 Å². The van der Waals surface area contributed by atoms with E-state index >= 15 is 0 Å². The van der Waals surface area contributed by atoms with Crippen LogP contribution in [-0.2, 0) is 6.42 Å². The van der Waals surface area contributed by atoms with Crippen LogP contribution in [0.5, 0.6) is 0 Å². The normalized spacial score (nSPS) is 17.6. The van der Waals surface area contributed by atoms with E-state index in [9.17, 15) is 0 Å². The third-order valence-corrected chi connectivity index (χ3v) is 5.44. The van der Waals surface area contributed by atoms with Crippen LogP contribution in [0.25, 0.3) is 0 Å². The number of anilines is 1. The van der Waals surface area contributed by atoms with Gasteiger partial charge in [0.2, 0.25) is 0 Å². The highest BCUT2D eigenvalue weighted by atomic mass is 35.5. The van der Waals surface area contributed by atoms with Crippen LogP contribution in [0, 0.1) is 6.92 Å². The van der Waals surface area contributed by atoms with Gasteiger partial charge in [0, 0.05) is 55.9 Å². The molecule has 2 N–H and O–H groups in total. The Labute approximate surface area is 163 Å². The number of nitrogens with one attached hydrogen (secondary N) is 2. The van der Waals surface area contributed by atoms with E-state index in [0.717, 1.165) is 55.8 Å². The van der Waals surface area contributed by atoms with Gasteiger partial charge in [-0.1, -0.05) is 11.6 Å². The predicted molar refractivity (Wildman–Crippen MR) is 110 cm³/mol. The second-order valence-corrected chi connectivity index (χ2v) is 7.99. The maximum absolute atomic E-state index is 6.27. The van der Waals surface area contributed by atoms with Crippen molar-refractivity contribution in [3.63, 3.8) is 0 Å². The molecule has 8 heteroatoms. The summed E-state index contributed by atoms with van der Waals surface area (Å²) in [6, 6.07) is 4.07. The van der Waals surface area contributed by atoms with Gasteiger partial charge in [-0.2, -0.15) is 0 Å². The van der Waals surface area contributed by atoms with Crippen molar-refractivity contribution in [3.05, 3.63) is 39.4 Å². The van der Waals surface area contributed by atoms with Crippen molar-refractivity contribution < 1.29 is 0 Å². The maximum atomic E-state index is 6.27. The van der Waals surface area contributed by atoms with Crippen LogP contribution in [0.3, 0.4) is 0 Å². The first-order valence-corrected chi connectivity index (χ1v) is 10.2. The number of aromatic nitrogens is 2. The molecule has 2 aromatic heterocycles. The van der Waals surface area contributed by atoms with Gasteiger partial charge in [-0.3, -0.25) is 4.99 Å². The Bertz CT molecular complexity index is 747. The summed E-state index contributed by atoms with van der Waals surface area (Å²) < 4.78 is 0. The zero-order valence-electron chi connectivity index (χ0n) is 15.2. The second-order valence-electron chi connectivity index (χ2n) is 6.26. The van der Waals surface area contributed by atoms with Crippen molar-refractivity contribution in [2.45, 2.75) is 32.7 Å². The minimum absolute atomic E-state index is 0.327. The van der Waals surface area contributed by atoms with Gasteiger partial charge in [-0.25, -0.2) is 9.97 Å². The Morgan fingerprint density at radius 3 is 3.08 bits per heavy atom. The first-order valence-electron chi connectivity index (χ1n) is 8.97. The zero-order chi connectivity index (χ0) is 18.4. The molecule has 0 spiro atoms. The molecule has 26 heavy (non-hydrogen) atoms. The van der Waals surface area contributed by atoms with Gasteiger partial charge >= 0.3 is 0 Å². The van der Waals surface area contributed by atoms with E-state index < -0.39 is 0 Å². The summed E-state index contributed by atoms with van der Waals surface area (Å²) in [6.07, 6.45) is 5.61. The van der Waals surface area contributed by atoms with Crippen LogP contribution in [-0.4, -0.2) is 48.1 Å². The molecule has 1 aliphatic rings. The van der Waals surface area contributed by atoms with Gasteiger partial charge in [0.25, 0.3) is 0 Å². The lowest BCUT2D eigenvalue weighted by molar-refractivity contribution is 0.648. The van der Waals surface area contributed by atoms with Gasteiger partial charge < -0.3 is 15.5 Å². The smallest absolute Gasteiger partial charge is 0.191 e. The summed E-state index contributed by atoms with van der Waals surface area (Å²) in [5, 5.41) is 8.70. The van der Waals surface area contributed by atoms with Crippen LogP contribution in [0.2, 0.25) is 5.02 Å². The first kappa shape index (κ1) is 18.9. The molecule has 0 aliphatic carbocycles. The molecule has 1 saturated heterocycles. The number of nitrogens with zero attached hydrogens (tertiary/aromatic N) is 4. The fourth-order valence-corrected chi connectivity index (χ4v) is 3.99. The van der Waals surface area contributed by atoms with Crippen molar-refractivity contribution in [3.8, 4) is 0 Å². The molecule has 140 valence electrons. The van der Waals surface area contributed by atoms with Gasteiger partial charge in [0.05, 0.1) is 10.0 Å². The van der Waals surface area contributed by atoms with Gasteiger partial charge in [-0.15, -0.1) is 11.3 Å². The molecule has 0 radical (unpaired) electrons. The van der Waals surface area contributed by atoms with Crippen LogP contribution < -0.4 is 15.5 Å². The van der Waals surface area contributed by atoms with E-state index in [1.807, 2.05) is 18.3 Å². The highest BCUT2D eigenvalue weighted by Gasteiger charge is 2.25. The van der Waals surface area contributed by atoms with Crippen molar-refractivity contribution in [1.29, 1.82) is 0 Å². The first-order chi connectivity index (χ1) is 12.7. The Balaban J connectivity index is 1.54. The van der Waals surface area contributed by atoms with Crippen molar-refractivity contribution in [2.75, 3.05) is 31.1 Å². The second kappa shape index (κ2) is 9.19. The SMILES string of the molecule is CCNC(=NCCc1ncc(C)s1)NC1CCN(c2ncccc2Cl)C1. The van der Waals surface area contributed by atoms with Crippen molar-refractivity contribution >= 4 is 34.7 Å². The monoisotopic (exact) mass is 392 g/mol. The molecule has 3 rings (SSSR count). The molecule has 2 aromatic rings. The Morgan fingerprint density at radius 2 is 2.35 bits per heavy atom. The Kier molecular flexibility index (Phi) is 6.68. The van der Waals surface area contributed by atoms with Crippen LogP contribution in [0.1, 0.15) is 23.2 Å². The van der Waals surface area contributed by atoms with Crippen molar-refractivity contribution in [1.82, 2.24) is 20.6 Å². The van der Waals surface area contributed by atoms with E-state index in [4.69, 9.17) is 16.6 Å². The molecule has 1 aliphatic heterocycles. The van der Waals surface area contributed by atoms with E-state index in [2.05, 4.69) is 39.3 Å². The van der Waals surface area contributed by atoms with E-state index in [-0.39, 0.29) is 0 Å². The average Bonchev–Trinajstić information content (AvgIpc) is 3.25. The molecule has 1 unspecified atom stereocenters. The number of hydrogen-bond acceptors (Lipinski definition) is 5. The van der Waals surface area contributed by atoms with Crippen LogP contribution in [0.15, 0.2) is 29.5 Å². The fourth-order valence-electron chi connectivity index (χ4n) is 2.97. The van der Waals surface area contributed by atoms with Crippen molar-refractivity contribution in [2.24, 2.45) is 4.99 Å².